The second-order valence-corrected chi connectivity index (χ2v) is 9.88. The largest absolute Gasteiger partial charge is 0.349 e. The highest BCUT2D eigenvalue weighted by Crippen LogP contribution is 2.26. The van der Waals surface area contributed by atoms with E-state index in [9.17, 15) is 17.6 Å². The van der Waals surface area contributed by atoms with Crippen LogP contribution in [0.2, 0.25) is 0 Å². The molecule has 0 unspecified atom stereocenters. The van der Waals surface area contributed by atoms with E-state index in [2.05, 4.69) is 37.4 Å². The minimum atomic E-state index is -3.67. The molecular formula is C23H29FN2O3S. The lowest BCUT2D eigenvalue weighted by atomic mass is 9.95. The molecule has 1 atom stereocenters. The van der Waals surface area contributed by atoms with Crippen LogP contribution in [0.25, 0.3) is 0 Å². The summed E-state index contributed by atoms with van der Waals surface area (Å²) in [4.78, 5) is 12.9. The predicted molar refractivity (Wildman–Crippen MR) is 115 cm³/mol. The molecule has 0 bridgehead atoms. The Kier molecular flexibility index (Phi) is 6.93. The Hall–Kier alpha value is -2.25. The van der Waals surface area contributed by atoms with Crippen LogP contribution in [0.4, 0.5) is 4.39 Å². The van der Waals surface area contributed by atoms with E-state index in [0.29, 0.717) is 12.8 Å². The lowest BCUT2D eigenvalue weighted by Gasteiger charge is -2.31. The SMILES string of the molecule is CC[C@H](NC(=O)C1CCN(S(=O)(=O)c2ccc(F)cc2)CC1)c1ccc(C)c(C)c1. The van der Waals surface area contributed by atoms with Gasteiger partial charge in [0.15, 0.2) is 0 Å². The molecule has 1 N–H and O–H groups in total. The standard InChI is InChI=1S/C23H29FN2O3S/c1-4-22(19-6-5-16(2)17(3)15-19)25-23(27)18-11-13-26(14-12-18)30(28,29)21-9-7-20(24)8-10-21/h5-10,15,18,22H,4,11-14H2,1-3H3,(H,25,27)/t22-/m0/s1. The van der Waals surface area contributed by atoms with Crippen molar-refractivity contribution in [3.05, 3.63) is 65.0 Å². The maximum absolute atomic E-state index is 13.1. The number of aryl methyl sites for hydroxylation is 2. The summed E-state index contributed by atoms with van der Waals surface area (Å²) in [5.74, 6) is -0.720. The number of nitrogens with zero attached hydrogens (tertiary/aromatic N) is 1. The van der Waals surface area contributed by atoms with Gasteiger partial charge in [-0.05, 0) is 74.1 Å². The summed E-state index contributed by atoms with van der Waals surface area (Å²) in [6.45, 7) is 6.71. The molecular weight excluding hydrogens is 403 g/mol. The predicted octanol–water partition coefficient (Wildman–Crippen LogP) is 4.11. The number of carbonyl (C=O) groups is 1. The van der Waals surface area contributed by atoms with E-state index in [1.807, 2.05) is 6.92 Å². The average molecular weight is 433 g/mol. The Morgan fingerprint density at radius 2 is 1.73 bits per heavy atom. The van der Waals surface area contributed by atoms with Gasteiger partial charge in [-0.2, -0.15) is 4.31 Å². The van der Waals surface area contributed by atoms with Crippen LogP contribution in [0, 0.1) is 25.6 Å². The van der Waals surface area contributed by atoms with Crippen LogP contribution in [-0.4, -0.2) is 31.7 Å². The van der Waals surface area contributed by atoms with Crippen LogP contribution < -0.4 is 5.32 Å². The summed E-state index contributed by atoms with van der Waals surface area (Å²) in [7, 11) is -3.67. The normalized spacial score (nSPS) is 16.9. The van der Waals surface area contributed by atoms with Gasteiger partial charge < -0.3 is 5.32 Å². The third kappa shape index (κ3) is 4.90. The zero-order valence-corrected chi connectivity index (χ0v) is 18.5. The van der Waals surface area contributed by atoms with Gasteiger partial charge in [0.05, 0.1) is 10.9 Å². The second-order valence-electron chi connectivity index (χ2n) is 7.95. The molecule has 0 aliphatic carbocycles. The van der Waals surface area contributed by atoms with Gasteiger partial charge in [0.25, 0.3) is 0 Å². The molecule has 0 aromatic heterocycles. The monoisotopic (exact) mass is 432 g/mol. The highest BCUT2D eigenvalue weighted by Gasteiger charge is 2.32. The fourth-order valence-electron chi connectivity index (χ4n) is 3.81. The fraction of sp³-hybridized carbons (Fsp3) is 0.435. The number of hydrogen-bond donors (Lipinski definition) is 1. The first-order chi connectivity index (χ1) is 14.2. The Labute approximate surface area is 178 Å². The van der Waals surface area contributed by atoms with Gasteiger partial charge in [-0.25, -0.2) is 12.8 Å². The minimum absolute atomic E-state index is 0.0288. The zero-order valence-electron chi connectivity index (χ0n) is 17.7. The van der Waals surface area contributed by atoms with Gasteiger partial charge in [-0.1, -0.05) is 25.1 Å². The zero-order chi connectivity index (χ0) is 21.9. The van der Waals surface area contributed by atoms with Gasteiger partial charge in [-0.3, -0.25) is 4.79 Å². The molecule has 162 valence electrons. The molecule has 1 saturated heterocycles. The highest BCUT2D eigenvalue weighted by atomic mass is 32.2. The summed E-state index contributed by atoms with van der Waals surface area (Å²) < 4.78 is 40.0. The first-order valence-electron chi connectivity index (χ1n) is 10.4. The van der Waals surface area contributed by atoms with E-state index in [4.69, 9.17) is 0 Å². The maximum Gasteiger partial charge on any atom is 0.243 e. The molecule has 7 heteroatoms. The van der Waals surface area contributed by atoms with E-state index in [1.54, 1.807) is 0 Å². The molecule has 0 saturated carbocycles. The molecule has 1 fully saturated rings. The Balaban J connectivity index is 1.61. The lowest BCUT2D eigenvalue weighted by Crippen LogP contribution is -2.43. The topological polar surface area (TPSA) is 66.5 Å². The Morgan fingerprint density at radius 3 is 2.30 bits per heavy atom. The molecule has 3 rings (SSSR count). The van der Waals surface area contributed by atoms with Crippen LogP contribution in [0.5, 0.6) is 0 Å². The molecule has 2 aromatic carbocycles. The van der Waals surface area contributed by atoms with E-state index < -0.39 is 15.8 Å². The van der Waals surface area contributed by atoms with Crippen molar-refractivity contribution in [3.63, 3.8) is 0 Å². The third-order valence-electron chi connectivity index (χ3n) is 5.93. The van der Waals surface area contributed by atoms with Crippen molar-refractivity contribution in [1.29, 1.82) is 0 Å². The van der Waals surface area contributed by atoms with Crippen molar-refractivity contribution >= 4 is 15.9 Å². The number of piperidine rings is 1. The summed E-state index contributed by atoms with van der Waals surface area (Å²) in [5.41, 5.74) is 3.50. The molecule has 0 radical (unpaired) electrons. The number of rotatable bonds is 6. The van der Waals surface area contributed by atoms with Crippen molar-refractivity contribution < 1.29 is 17.6 Å². The number of sulfonamides is 1. The molecule has 30 heavy (non-hydrogen) atoms. The second kappa shape index (κ2) is 9.27. The molecule has 1 aliphatic heterocycles. The van der Waals surface area contributed by atoms with Crippen LogP contribution in [0.3, 0.4) is 0 Å². The summed E-state index contributed by atoms with van der Waals surface area (Å²) in [6, 6.07) is 11.0. The van der Waals surface area contributed by atoms with Gasteiger partial charge in [-0.15, -0.1) is 0 Å². The first kappa shape index (κ1) is 22.4. The van der Waals surface area contributed by atoms with Crippen LogP contribution >= 0.6 is 0 Å². The molecule has 1 aliphatic rings. The molecule has 2 aromatic rings. The summed E-state index contributed by atoms with van der Waals surface area (Å²) in [5, 5.41) is 3.14. The van der Waals surface area contributed by atoms with Crippen LogP contribution in [0.15, 0.2) is 47.4 Å². The van der Waals surface area contributed by atoms with Crippen molar-refractivity contribution in [2.45, 2.75) is 51.0 Å². The quantitative estimate of drug-likeness (QED) is 0.747. The van der Waals surface area contributed by atoms with Crippen molar-refractivity contribution in [2.24, 2.45) is 5.92 Å². The van der Waals surface area contributed by atoms with E-state index in [-0.39, 0.29) is 35.9 Å². The molecule has 1 heterocycles. The summed E-state index contributed by atoms with van der Waals surface area (Å²) >= 11 is 0. The van der Waals surface area contributed by atoms with E-state index in [0.717, 1.165) is 24.1 Å². The highest BCUT2D eigenvalue weighted by molar-refractivity contribution is 7.89. The van der Waals surface area contributed by atoms with Gasteiger partial charge in [0.2, 0.25) is 15.9 Å². The minimum Gasteiger partial charge on any atom is -0.349 e. The van der Waals surface area contributed by atoms with Gasteiger partial charge in [0.1, 0.15) is 5.82 Å². The molecule has 1 amide bonds. The van der Waals surface area contributed by atoms with Crippen LogP contribution in [0.1, 0.15) is 48.9 Å². The van der Waals surface area contributed by atoms with Crippen LogP contribution in [-0.2, 0) is 14.8 Å². The van der Waals surface area contributed by atoms with E-state index in [1.165, 1.54) is 27.6 Å². The van der Waals surface area contributed by atoms with Crippen molar-refractivity contribution in [3.8, 4) is 0 Å². The van der Waals surface area contributed by atoms with Gasteiger partial charge in [0, 0.05) is 19.0 Å². The fourth-order valence-corrected chi connectivity index (χ4v) is 5.28. The lowest BCUT2D eigenvalue weighted by molar-refractivity contribution is -0.126. The number of carbonyl (C=O) groups excluding carboxylic acids is 1. The van der Waals surface area contributed by atoms with Crippen molar-refractivity contribution in [2.75, 3.05) is 13.1 Å². The molecule has 0 spiro atoms. The first-order valence-corrected chi connectivity index (χ1v) is 11.8. The average Bonchev–Trinajstić information content (AvgIpc) is 2.74. The maximum atomic E-state index is 13.1. The number of hydrogen-bond acceptors (Lipinski definition) is 3. The number of nitrogens with one attached hydrogen (secondary N) is 1. The van der Waals surface area contributed by atoms with E-state index >= 15 is 0 Å². The number of amides is 1. The van der Waals surface area contributed by atoms with Gasteiger partial charge >= 0.3 is 0 Å². The van der Waals surface area contributed by atoms with Crippen molar-refractivity contribution in [1.82, 2.24) is 9.62 Å². The third-order valence-corrected chi connectivity index (χ3v) is 7.85. The Bertz CT molecular complexity index is 998. The number of halogens is 1. The number of benzene rings is 2. The molecule has 5 nitrogen and oxygen atoms in total. The smallest absolute Gasteiger partial charge is 0.243 e. The Morgan fingerprint density at radius 1 is 1.10 bits per heavy atom. The summed E-state index contributed by atoms with van der Waals surface area (Å²) in [6.07, 6.45) is 1.72.